The van der Waals surface area contributed by atoms with Crippen LogP contribution in [0.25, 0.3) is 0 Å². The molecule has 3 aromatic rings. The maximum Gasteiger partial charge on any atom is 0.184 e. The van der Waals surface area contributed by atoms with Crippen LogP contribution in [-0.2, 0) is 36.9 Å². The molecule has 0 amide bonds. The Kier molecular flexibility index (Phi) is 8.52. The Labute approximate surface area is 211 Å². The molecule has 3 aromatic carbocycles. The molecule has 5 nitrogen and oxygen atoms in total. The number of ether oxygens (including phenoxy) is 5. The van der Waals surface area contributed by atoms with Crippen molar-refractivity contribution in [3.63, 3.8) is 0 Å². The maximum atomic E-state index is 6.60. The first-order valence-electron chi connectivity index (χ1n) is 12.2. The Balaban J connectivity index is 1.40. The molecule has 2 fully saturated rings. The Morgan fingerprint density at radius 1 is 0.743 bits per heavy atom. The van der Waals surface area contributed by atoms with Gasteiger partial charge in [-0.05, 0) is 16.9 Å². The average molecular weight is 493 g/mol. The van der Waals surface area contributed by atoms with Crippen molar-refractivity contribution in [2.75, 3.05) is 12.4 Å². The molecule has 35 heavy (non-hydrogen) atoms. The molecule has 6 atom stereocenters. The number of thioether (sulfide) groups is 1. The van der Waals surface area contributed by atoms with Crippen LogP contribution in [0.3, 0.4) is 0 Å². The Morgan fingerprint density at radius 3 is 1.91 bits per heavy atom. The van der Waals surface area contributed by atoms with Gasteiger partial charge in [0.15, 0.2) is 6.29 Å². The van der Waals surface area contributed by atoms with Crippen LogP contribution in [0, 0.1) is 0 Å². The molecule has 2 saturated heterocycles. The molecule has 5 rings (SSSR count). The molecule has 0 aromatic heterocycles. The summed E-state index contributed by atoms with van der Waals surface area (Å²) in [6, 6.07) is 30.5. The van der Waals surface area contributed by atoms with Crippen LogP contribution in [0.4, 0.5) is 0 Å². The monoisotopic (exact) mass is 492 g/mol. The zero-order valence-electron chi connectivity index (χ0n) is 19.9. The summed E-state index contributed by atoms with van der Waals surface area (Å²) in [7, 11) is 0. The fraction of sp³-hybridized carbons (Fsp3) is 0.379. The lowest BCUT2D eigenvalue weighted by Crippen LogP contribution is -2.62. The normalized spacial score (nSPS) is 28.4. The number of fused-ring (bicyclic) bond motifs is 1. The molecule has 6 heteroatoms. The van der Waals surface area contributed by atoms with E-state index >= 15 is 0 Å². The summed E-state index contributed by atoms with van der Waals surface area (Å²) in [4.78, 5) is 0. The second-order valence-electron chi connectivity index (χ2n) is 8.70. The van der Waals surface area contributed by atoms with Crippen LogP contribution < -0.4 is 0 Å². The summed E-state index contributed by atoms with van der Waals surface area (Å²) in [5, 5.41) is 0. The number of hydrogen-bond acceptors (Lipinski definition) is 6. The van der Waals surface area contributed by atoms with Crippen LogP contribution in [-0.4, -0.2) is 42.2 Å². The van der Waals surface area contributed by atoms with Gasteiger partial charge in [-0.1, -0.05) is 97.9 Å². The molecule has 2 aliphatic heterocycles. The topological polar surface area (TPSA) is 46.2 Å². The molecule has 0 bridgehead atoms. The van der Waals surface area contributed by atoms with Crippen LogP contribution in [0.15, 0.2) is 91.0 Å². The highest BCUT2D eigenvalue weighted by Crippen LogP contribution is 2.39. The lowest BCUT2D eigenvalue weighted by atomic mass is 9.98. The van der Waals surface area contributed by atoms with Crippen molar-refractivity contribution < 1.29 is 23.7 Å². The van der Waals surface area contributed by atoms with Crippen molar-refractivity contribution in [3.8, 4) is 0 Å². The standard InChI is InChI=1S/C29H32O5S/c1-2-35-29-27(31-19-22-14-8-4-9-15-22)26(30-18-21-12-6-3-7-13-21)25-24(33-29)20-32-28(34-25)23-16-10-5-11-17-23/h3-17,24-29H,2,18-20H2,1H3/t24?,25-,26?,27?,28?,29-/m0/s1. The molecule has 0 aliphatic carbocycles. The van der Waals surface area contributed by atoms with E-state index in [9.17, 15) is 0 Å². The van der Waals surface area contributed by atoms with Crippen LogP contribution in [0.5, 0.6) is 0 Å². The molecule has 2 aliphatic rings. The van der Waals surface area contributed by atoms with E-state index in [1.165, 1.54) is 0 Å². The van der Waals surface area contributed by atoms with Crippen LogP contribution in [0.2, 0.25) is 0 Å². The van der Waals surface area contributed by atoms with Gasteiger partial charge in [-0.15, -0.1) is 11.8 Å². The summed E-state index contributed by atoms with van der Waals surface area (Å²) in [5.41, 5.74) is 3.04. The number of rotatable bonds is 9. The molecule has 0 spiro atoms. The van der Waals surface area contributed by atoms with Crippen molar-refractivity contribution in [3.05, 3.63) is 108 Å². The fourth-order valence-corrected chi connectivity index (χ4v) is 5.50. The van der Waals surface area contributed by atoms with Crippen molar-refractivity contribution in [1.82, 2.24) is 0 Å². The number of benzene rings is 3. The molecule has 0 radical (unpaired) electrons. The summed E-state index contributed by atoms with van der Waals surface area (Å²) in [6.45, 7) is 3.54. The molecule has 2 heterocycles. The van der Waals surface area contributed by atoms with Crippen molar-refractivity contribution >= 4 is 11.8 Å². The smallest absolute Gasteiger partial charge is 0.184 e. The Bertz CT molecular complexity index is 1020. The molecular weight excluding hydrogens is 460 g/mol. The molecule has 4 unspecified atom stereocenters. The van der Waals surface area contributed by atoms with Gasteiger partial charge >= 0.3 is 0 Å². The highest BCUT2D eigenvalue weighted by atomic mass is 32.2. The quantitative estimate of drug-likeness (QED) is 0.379. The van der Waals surface area contributed by atoms with Gasteiger partial charge in [0, 0.05) is 5.56 Å². The van der Waals surface area contributed by atoms with E-state index < -0.39 is 6.29 Å². The molecule has 0 N–H and O–H groups in total. The van der Waals surface area contributed by atoms with Crippen molar-refractivity contribution in [1.29, 1.82) is 0 Å². The van der Waals surface area contributed by atoms with Crippen molar-refractivity contribution in [2.24, 2.45) is 0 Å². The lowest BCUT2D eigenvalue weighted by Gasteiger charge is -2.49. The van der Waals surface area contributed by atoms with Crippen molar-refractivity contribution in [2.45, 2.75) is 56.3 Å². The minimum atomic E-state index is -0.464. The highest BCUT2D eigenvalue weighted by Gasteiger charge is 2.51. The minimum Gasteiger partial charge on any atom is -0.368 e. The van der Waals surface area contributed by atoms with Gasteiger partial charge in [-0.3, -0.25) is 0 Å². The maximum absolute atomic E-state index is 6.60. The van der Waals surface area contributed by atoms with E-state index in [0.29, 0.717) is 19.8 Å². The van der Waals surface area contributed by atoms with Gasteiger partial charge in [0.25, 0.3) is 0 Å². The average Bonchev–Trinajstić information content (AvgIpc) is 2.92. The third-order valence-electron chi connectivity index (χ3n) is 6.26. The molecule has 0 saturated carbocycles. The minimum absolute atomic E-state index is 0.175. The van der Waals surface area contributed by atoms with Crippen LogP contribution in [0.1, 0.15) is 29.9 Å². The summed E-state index contributed by atoms with van der Waals surface area (Å²) in [5.74, 6) is 0.910. The zero-order valence-corrected chi connectivity index (χ0v) is 20.7. The van der Waals surface area contributed by atoms with E-state index in [1.807, 2.05) is 66.7 Å². The van der Waals surface area contributed by atoms with E-state index in [4.69, 9.17) is 23.7 Å². The fourth-order valence-electron chi connectivity index (χ4n) is 4.52. The van der Waals surface area contributed by atoms with Gasteiger partial charge in [0.05, 0.1) is 19.8 Å². The summed E-state index contributed by atoms with van der Waals surface area (Å²) >= 11 is 1.74. The van der Waals surface area contributed by atoms with E-state index in [2.05, 4.69) is 31.2 Å². The zero-order chi connectivity index (χ0) is 23.9. The van der Waals surface area contributed by atoms with Gasteiger partial charge in [0.2, 0.25) is 0 Å². The third-order valence-corrected chi connectivity index (χ3v) is 7.30. The van der Waals surface area contributed by atoms with Gasteiger partial charge < -0.3 is 23.7 Å². The number of hydrogen-bond donors (Lipinski definition) is 0. The first kappa shape index (κ1) is 24.5. The van der Waals surface area contributed by atoms with Gasteiger partial charge in [-0.25, -0.2) is 0 Å². The summed E-state index contributed by atoms with van der Waals surface area (Å²) in [6.07, 6.45) is -1.60. The predicted molar refractivity (Wildman–Crippen MR) is 137 cm³/mol. The third kappa shape index (κ3) is 6.15. The van der Waals surface area contributed by atoms with E-state index in [-0.39, 0.29) is 29.9 Å². The summed E-state index contributed by atoms with van der Waals surface area (Å²) < 4.78 is 32.2. The first-order chi connectivity index (χ1) is 17.3. The Hall–Kier alpha value is -2.19. The predicted octanol–water partition coefficient (Wildman–Crippen LogP) is 5.75. The van der Waals surface area contributed by atoms with Crippen LogP contribution >= 0.6 is 11.8 Å². The largest absolute Gasteiger partial charge is 0.368 e. The first-order valence-corrected chi connectivity index (χ1v) is 13.3. The highest BCUT2D eigenvalue weighted by molar-refractivity contribution is 7.99. The molecule has 184 valence electrons. The van der Waals surface area contributed by atoms with E-state index in [0.717, 1.165) is 22.4 Å². The SMILES string of the molecule is CCS[C@@H]1OC2COC(c3ccccc3)O[C@@H]2C(OCc2ccccc2)C1OCc1ccccc1. The lowest BCUT2D eigenvalue weighted by molar-refractivity contribution is -0.329. The second-order valence-corrected chi connectivity index (χ2v) is 10.1. The van der Waals surface area contributed by atoms with E-state index in [1.54, 1.807) is 11.8 Å². The molecular formula is C29H32O5S. The van der Waals surface area contributed by atoms with Gasteiger partial charge in [-0.2, -0.15) is 0 Å². The Morgan fingerprint density at radius 2 is 1.31 bits per heavy atom. The van der Waals surface area contributed by atoms with Gasteiger partial charge in [0.1, 0.15) is 29.9 Å². The second kappa shape index (κ2) is 12.2.